The molecule has 0 aromatic rings. The van der Waals surface area contributed by atoms with Crippen LogP contribution in [0.15, 0.2) is 0 Å². The molecule has 1 atom stereocenters. The molecule has 1 amide bonds. The van der Waals surface area contributed by atoms with Gasteiger partial charge in [-0.25, -0.2) is 0 Å². The average Bonchev–Trinajstić information content (AvgIpc) is 2.28. The van der Waals surface area contributed by atoms with Crippen LogP contribution in [-0.4, -0.2) is 65.5 Å². The van der Waals surface area contributed by atoms with E-state index in [2.05, 4.69) is 0 Å². The van der Waals surface area contributed by atoms with Crippen molar-refractivity contribution in [3.8, 4) is 0 Å². The van der Waals surface area contributed by atoms with Gasteiger partial charge in [0, 0.05) is 38.6 Å². The van der Waals surface area contributed by atoms with Gasteiger partial charge in [-0.1, -0.05) is 13.8 Å². The number of carboxylic acid groups (broad SMARTS) is 1. The zero-order valence-electron chi connectivity index (χ0n) is 11.1. The molecule has 0 radical (unpaired) electrons. The molecule has 18 heavy (non-hydrogen) atoms. The summed E-state index contributed by atoms with van der Waals surface area (Å²) in [6.07, 6.45) is 0.372. The molecular weight excluding hydrogens is 234 g/mol. The predicted octanol–water partition coefficient (Wildman–Crippen LogP) is -0.411. The van der Waals surface area contributed by atoms with E-state index >= 15 is 0 Å². The van der Waals surface area contributed by atoms with Crippen LogP contribution in [0.1, 0.15) is 20.3 Å². The van der Waals surface area contributed by atoms with Gasteiger partial charge in [-0.2, -0.15) is 0 Å². The van der Waals surface area contributed by atoms with E-state index in [1.807, 2.05) is 18.7 Å². The molecular formula is C12H23N3O3. The molecule has 1 aliphatic heterocycles. The Balaban J connectivity index is 2.34. The van der Waals surface area contributed by atoms with Gasteiger partial charge in [-0.05, 0) is 5.92 Å². The summed E-state index contributed by atoms with van der Waals surface area (Å²) < 4.78 is 0. The lowest BCUT2D eigenvalue weighted by molar-refractivity contribution is -0.139. The first-order valence-corrected chi connectivity index (χ1v) is 6.37. The van der Waals surface area contributed by atoms with Crippen LogP contribution in [0.25, 0.3) is 0 Å². The predicted molar refractivity (Wildman–Crippen MR) is 68.1 cm³/mol. The van der Waals surface area contributed by atoms with E-state index in [4.69, 9.17) is 10.8 Å². The second-order valence-electron chi connectivity index (χ2n) is 5.16. The van der Waals surface area contributed by atoms with Gasteiger partial charge in [0.15, 0.2) is 0 Å². The maximum atomic E-state index is 12.0. The van der Waals surface area contributed by atoms with Crippen molar-refractivity contribution in [2.24, 2.45) is 11.7 Å². The number of hydrogen-bond donors (Lipinski definition) is 2. The highest BCUT2D eigenvalue weighted by atomic mass is 16.4. The Hall–Kier alpha value is -1.14. The fourth-order valence-corrected chi connectivity index (χ4v) is 1.91. The fourth-order valence-electron chi connectivity index (χ4n) is 1.91. The maximum Gasteiger partial charge on any atom is 0.317 e. The molecule has 6 heteroatoms. The highest BCUT2D eigenvalue weighted by Crippen LogP contribution is 2.08. The van der Waals surface area contributed by atoms with Crippen molar-refractivity contribution >= 4 is 11.9 Å². The number of rotatable bonds is 5. The van der Waals surface area contributed by atoms with Gasteiger partial charge in [-0.15, -0.1) is 0 Å². The first-order valence-electron chi connectivity index (χ1n) is 6.37. The molecule has 0 aliphatic carbocycles. The minimum absolute atomic E-state index is 0.0491. The summed E-state index contributed by atoms with van der Waals surface area (Å²) in [5, 5.41) is 8.68. The second-order valence-corrected chi connectivity index (χ2v) is 5.16. The number of carbonyl (C=O) groups excluding carboxylic acids is 1. The van der Waals surface area contributed by atoms with Crippen LogP contribution >= 0.6 is 0 Å². The van der Waals surface area contributed by atoms with E-state index < -0.39 is 5.97 Å². The van der Waals surface area contributed by atoms with Crippen LogP contribution in [0.2, 0.25) is 0 Å². The van der Waals surface area contributed by atoms with Crippen LogP contribution in [-0.2, 0) is 9.59 Å². The lowest BCUT2D eigenvalue weighted by Crippen LogP contribution is -2.51. The Morgan fingerprint density at radius 3 is 2.22 bits per heavy atom. The molecule has 1 heterocycles. The van der Waals surface area contributed by atoms with Crippen LogP contribution in [0, 0.1) is 5.92 Å². The third kappa shape index (κ3) is 4.62. The smallest absolute Gasteiger partial charge is 0.317 e. The van der Waals surface area contributed by atoms with Crippen molar-refractivity contribution in [1.29, 1.82) is 0 Å². The molecule has 1 fully saturated rings. The van der Waals surface area contributed by atoms with Crippen LogP contribution in [0.3, 0.4) is 0 Å². The Kier molecular flexibility index (Phi) is 5.55. The summed E-state index contributed by atoms with van der Waals surface area (Å²) in [6, 6.07) is -0.102. The number of carboxylic acids is 1. The molecule has 1 saturated heterocycles. The van der Waals surface area contributed by atoms with E-state index in [0.29, 0.717) is 38.5 Å². The van der Waals surface area contributed by atoms with Gasteiger partial charge in [0.25, 0.3) is 0 Å². The quantitative estimate of drug-likeness (QED) is 0.699. The normalized spacial score (nSPS) is 19.0. The molecule has 0 aromatic carbocycles. The number of carbonyl (C=O) groups is 2. The average molecular weight is 257 g/mol. The van der Waals surface area contributed by atoms with Crippen molar-refractivity contribution in [2.75, 3.05) is 32.7 Å². The summed E-state index contributed by atoms with van der Waals surface area (Å²) in [4.78, 5) is 26.1. The number of piperazine rings is 1. The SMILES string of the molecule is CC(C)C(N)CC(=O)N1CCN(CC(=O)O)CC1. The van der Waals surface area contributed by atoms with Crippen molar-refractivity contribution in [2.45, 2.75) is 26.3 Å². The Bertz CT molecular complexity index is 299. The number of nitrogens with zero attached hydrogens (tertiary/aromatic N) is 2. The molecule has 104 valence electrons. The first kappa shape index (κ1) is 14.9. The molecule has 1 rings (SSSR count). The molecule has 0 aromatic heterocycles. The van der Waals surface area contributed by atoms with E-state index in [1.165, 1.54) is 0 Å². The highest BCUT2D eigenvalue weighted by Gasteiger charge is 2.23. The number of amides is 1. The lowest BCUT2D eigenvalue weighted by atomic mass is 10.0. The number of hydrogen-bond acceptors (Lipinski definition) is 4. The molecule has 6 nitrogen and oxygen atoms in total. The van der Waals surface area contributed by atoms with Gasteiger partial charge in [0.05, 0.1) is 6.54 Å². The Morgan fingerprint density at radius 1 is 1.22 bits per heavy atom. The highest BCUT2D eigenvalue weighted by molar-refractivity contribution is 5.77. The van der Waals surface area contributed by atoms with Crippen LogP contribution in [0.5, 0.6) is 0 Å². The largest absolute Gasteiger partial charge is 0.480 e. The van der Waals surface area contributed by atoms with Crippen molar-refractivity contribution in [3.05, 3.63) is 0 Å². The molecule has 0 spiro atoms. The standard InChI is InChI=1S/C12H23N3O3/c1-9(2)10(13)7-11(16)15-5-3-14(4-6-15)8-12(17)18/h9-10H,3-8,13H2,1-2H3,(H,17,18). The van der Waals surface area contributed by atoms with E-state index in [1.54, 1.807) is 4.90 Å². The lowest BCUT2D eigenvalue weighted by Gasteiger charge is -2.34. The fraction of sp³-hybridized carbons (Fsp3) is 0.833. The van der Waals surface area contributed by atoms with Gasteiger partial charge >= 0.3 is 5.97 Å². The molecule has 3 N–H and O–H groups in total. The Labute approximate surface area is 108 Å². The van der Waals surface area contributed by atoms with Crippen LogP contribution in [0.4, 0.5) is 0 Å². The van der Waals surface area contributed by atoms with E-state index in [9.17, 15) is 9.59 Å². The molecule has 0 bridgehead atoms. The second kappa shape index (κ2) is 6.70. The summed E-state index contributed by atoms with van der Waals surface area (Å²) in [7, 11) is 0. The van der Waals surface area contributed by atoms with E-state index in [0.717, 1.165) is 0 Å². The van der Waals surface area contributed by atoms with Gasteiger partial charge in [-0.3, -0.25) is 14.5 Å². The zero-order valence-corrected chi connectivity index (χ0v) is 11.1. The maximum absolute atomic E-state index is 12.0. The third-order valence-electron chi connectivity index (χ3n) is 3.35. The van der Waals surface area contributed by atoms with Crippen molar-refractivity contribution in [3.63, 3.8) is 0 Å². The van der Waals surface area contributed by atoms with Crippen LogP contribution < -0.4 is 5.73 Å². The third-order valence-corrected chi connectivity index (χ3v) is 3.35. The minimum atomic E-state index is -0.823. The minimum Gasteiger partial charge on any atom is -0.480 e. The first-order chi connectivity index (χ1) is 8.40. The number of nitrogens with two attached hydrogens (primary N) is 1. The summed E-state index contributed by atoms with van der Waals surface area (Å²) in [5.41, 5.74) is 5.88. The van der Waals surface area contributed by atoms with Gasteiger partial charge in [0.2, 0.25) is 5.91 Å². The van der Waals surface area contributed by atoms with Crippen molar-refractivity contribution < 1.29 is 14.7 Å². The molecule has 0 saturated carbocycles. The summed E-state index contributed by atoms with van der Waals surface area (Å²) >= 11 is 0. The van der Waals surface area contributed by atoms with Gasteiger partial charge in [0.1, 0.15) is 0 Å². The summed E-state index contributed by atoms with van der Waals surface area (Å²) in [6.45, 7) is 6.48. The molecule has 1 unspecified atom stereocenters. The zero-order chi connectivity index (χ0) is 13.7. The monoisotopic (exact) mass is 257 g/mol. The topological polar surface area (TPSA) is 86.9 Å². The Morgan fingerprint density at radius 2 is 1.78 bits per heavy atom. The molecule has 1 aliphatic rings. The van der Waals surface area contributed by atoms with E-state index in [-0.39, 0.29) is 18.5 Å². The number of aliphatic carboxylic acids is 1. The van der Waals surface area contributed by atoms with Crippen molar-refractivity contribution in [1.82, 2.24) is 9.80 Å². The summed E-state index contributed by atoms with van der Waals surface area (Å²) in [5.74, 6) is -0.454. The van der Waals surface area contributed by atoms with Gasteiger partial charge < -0.3 is 15.7 Å².